The van der Waals surface area contributed by atoms with E-state index in [4.69, 9.17) is 5.73 Å². The lowest BCUT2D eigenvalue weighted by Crippen LogP contribution is -2.43. The van der Waals surface area contributed by atoms with E-state index in [1.165, 1.54) is 6.07 Å². The van der Waals surface area contributed by atoms with E-state index in [1.54, 1.807) is 13.8 Å². The van der Waals surface area contributed by atoms with Gasteiger partial charge in [0, 0.05) is 24.2 Å². The zero-order valence-corrected chi connectivity index (χ0v) is 13.1. The number of nitro benzene ring substituents is 1. The van der Waals surface area contributed by atoms with Gasteiger partial charge in [-0.25, -0.2) is 0 Å². The minimum atomic E-state index is -0.917. The van der Waals surface area contributed by atoms with Crippen LogP contribution in [0.15, 0.2) is 21.7 Å². The van der Waals surface area contributed by atoms with Crippen molar-refractivity contribution in [2.24, 2.45) is 11.7 Å². The van der Waals surface area contributed by atoms with E-state index in [9.17, 15) is 24.5 Å². The number of carbonyl (C=O) groups is 1. The molecule has 24 heavy (non-hydrogen) atoms. The Morgan fingerprint density at radius 3 is 2.50 bits per heavy atom. The van der Waals surface area contributed by atoms with Crippen LogP contribution < -0.4 is 22.2 Å². The summed E-state index contributed by atoms with van der Waals surface area (Å²) in [7, 11) is 0. The molecule has 10 heteroatoms. The van der Waals surface area contributed by atoms with E-state index < -0.39 is 28.0 Å². The first-order valence-electron chi connectivity index (χ1n) is 7.17. The van der Waals surface area contributed by atoms with Crippen LogP contribution in [0.5, 0.6) is 0 Å². The molecule has 2 aromatic rings. The number of amides is 1. The molecular weight excluding hydrogens is 318 g/mol. The molecule has 10 nitrogen and oxygen atoms in total. The quantitative estimate of drug-likeness (QED) is 0.333. The molecular formula is C14H17N5O5. The highest BCUT2D eigenvalue weighted by molar-refractivity contribution is 5.84. The third kappa shape index (κ3) is 3.49. The number of aromatic nitrogens is 2. The molecule has 2 rings (SSSR count). The molecule has 0 aliphatic carbocycles. The molecule has 0 fully saturated rings. The summed E-state index contributed by atoms with van der Waals surface area (Å²) >= 11 is 0. The number of carbonyl (C=O) groups excluding carboxylic acids is 1. The van der Waals surface area contributed by atoms with Crippen LogP contribution in [0.2, 0.25) is 0 Å². The van der Waals surface area contributed by atoms with E-state index in [2.05, 4.69) is 15.3 Å². The largest absolute Gasteiger partial charge is 0.351 e. The standard InChI is InChI=1S/C14H17N5O5/c1-6(2)10(15)12(20)16-5-7-3-8(19(23)24)4-9-11(7)18-14(22)13(21)17-9/h3-4,6,10H,5,15H2,1-2H3,(H,16,20)(H,17,21)(H,18,22). The minimum Gasteiger partial charge on any atom is -0.351 e. The summed E-state index contributed by atoms with van der Waals surface area (Å²) in [6.45, 7) is 3.49. The van der Waals surface area contributed by atoms with Gasteiger partial charge >= 0.3 is 11.1 Å². The van der Waals surface area contributed by atoms with Crippen LogP contribution in [-0.2, 0) is 11.3 Å². The summed E-state index contributed by atoms with van der Waals surface area (Å²) in [4.78, 5) is 49.9. The third-order valence-electron chi connectivity index (χ3n) is 3.58. The van der Waals surface area contributed by atoms with Crippen LogP contribution in [-0.4, -0.2) is 26.8 Å². The Kier molecular flexibility index (Phi) is 4.79. The summed E-state index contributed by atoms with van der Waals surface area (Å²) in [5, 5.41) is 13.6. The Morgan fingerprint density at radius 1 is 1.29 bits per heavy atom. The van der Waals surface area contributed by atoms with Crippen molar-refractivity contribution in [3.63, 3.8) is 0 Å². The van der Waals surface area contributed by atoms with Gasteiger partial charge in [0.15, 0.2) is 0 Å². The molecule has 1 heterocycles. The maximum atomic E-state index is 11.9. The first kappa shape index (κ1) is 17.3. The van der Waals surface area contributed by atoms with Gasteiger partial charge in [-0.15, -0.1) is 0 Å². The van der Waals surface area contributed by atoms with E-state index in [0.29, 0.717) is 0 Å². The molecule has 0 spiro atoms. The maximum absolute atomic E-state index is 11.9. The molecule has 0 saturated carbocycles. The van der Waals surface area contributed by atoms with Gasteiger partial charge in [0.1, 0.15) is 0 Å². The number of aromatic amines is 2. The fourth-order valence-corrected chi connectivity index (χ4v) is 2.13. The number of H-pyrrole nitrogens is 2. The normalized spacial score (nSPS) is 12.3. The van der Waals surface area contributed by atoms with Gasteiger partial charge in [-0.3, -0.25) is 24.5 Å². The van der Waals surface area contributed by atoms with Crippen LogP contribution >= 0.6 is 0 Å². The number of nitrogens with zero attached hydrogens (tertiary/aromatic N) is 1. The van der Waals surface area contributed by atoms with Crippen molar-refractivity contribution < 1.29 is 9.72 Å². The zero-order valence-electron chi connectivity index (χ0n) is 13.1. The summed E-state index contributed by atoms with van der Waals surface area (Å²) < 4.78 is 0. The van der Waals surface area contributed by atoms with Gasteiger partial charge in [-0.2, -0.15) is 0 Å². The van der Waals surface area contributed by atoms with Crippen molar-refractivity contribution >= 4 is 22.6 Å². The molecule has 1 aromatic heterocycles. The number of nitrogens with two attached hydrogens (primary N) is 1. The predicted octanol–water partition coefficient (Wildman–Crippen LogP) is -0.276. The SMILES string of the molecule is CC(C)C(N)C(=O)NCc1cc([N+](=O)[O-])cc2[nH]c(=O)c(=O)[nH]c12. The van der Waals surface area contributed by atoms with Crippen LogP contribution in [0.1, 0.15) is 19.4 Å². The van der Waals surface area contributed by atoms with Crippen LogP contribution in [0.25, 0.3) is 11.0 Å². The molecule has 0 radical (unpaired) electrons. The van der Waals surface area contributed by atoms with Gasteiger partial charge in [-0.05, 0) is 5.92 Å². The van der Waals surface area contributed by atoms with E-state index in [-0.39, 0.29) is 34.7 Å². The second-order valence-electron chi connectivity index (χ2n) is 5.68. The second-order valence-corrected chi connectivity index (χ2v) is 5.68. The number of hydrogen-bond acceptors (Lipinski definition) is 6. The van der Waals surface area contributed by atoms with Gasteiger partial charge < -0.3 is 21.0 Å². The molecule has 5 N–H and O–H groups in total. The average molecular weight is 335 g/mol. The number of nitro groups is 1. The summed E-state index contributed by atoms with van der Waals surface area (Å²) in [5.41, 5.74) is 4.26. The Morgan fingerprint density at radius 2 is 1.92 bits per heavy atom. The third-order valence-corrected chi connectivity index (χ3v) is 3.58. The Hall–Kier alpha value is -3.01. The van der Waals surface area contributed by atoms with Crippen molar-refractivity contribution in [3.8, 4) is 0 Å². The van der Waals surface area contributed by atoms with Crippen molar-refractivity contribution in [1.29, 1.82) is 0 Å². The number of fused-ring (bicyclic) bond motifs is 1. The Bertz CT molecular complexity index is 914. The monoisotopic (exact) mass is 335 g/mol. The minimum absolute atomic E-state index is 0.0805. The molecule has 1 unspecified atom stereocenters. The number of nitrogens with one attached hydrogen (secondary N) is 3. The van der Waals surface area contributed by atoms with E-state index in [0.717, 1.165) is 6.07 Å². The highest BCUT2D eigenvalue weighted by Gasteiger charge is 2.18. The lowest BCUT2D eigenvalue weighted by molar-refractivity contribution is -0.384. The summed E-state index contributed by atoms with van der Waals surface area (Å²) in [6.07, 6.45) is 0. The number of non-ortho nitro benzene ring substituents is 1. The van der Waals surface area contributed by atoms with Crippen molar-refractivity contribution in [1.82, 2.24) is 15.3 Å². The highest BCUT2D eigenvalue weighted by Crippen LogP contribution is 2.21. The van der Waals surface area contributed by atoms with Crippen molar-refractivity contribution in [2.45, 2.75) is 26.4 Å². The fourth-order valence-electron chi connectivity index (χ4n) is 2.13. The molecule has 0 bridgehead atoms. The van der Waals surface area contributed by atoms with E-state index in [1.807, 2.05) is 0 Å². The zero-order chi connectivity index (χ0) is 18.0. The molecule has 1 amide bonds. The van der Waals surface area contributed by atoms with Crippen LogP contribution in [0.3, 0.4) is 0 Å². The van der Waals surface area contributed by atoms with E-state index >= 15 is 0 Å². The molecule has 128 valence electrons. The topological polar surface area (TPSA) is 164 Å². The molecule has 1 atom stereocenters. The Labute approximate surface area is 135 Å². The number of hydrogen-bond donors (Lipinski definition) is 4. The molecule has 0 aliphatic heterocycles. The lowest BCUT2D eigenvalue weighted by atomic mass is 10.0. The van der Waals surface area contributed by atoms with Crippen molar-refractivity contribution in [3.05, 3.63) is 48.5 Å². The van der Waals surface area contributed by atoms with Crippen molar-refractivity contribution in [2.75, 3.05) is 0 Å². The summed E-state index contributed by atoms with van der Waals surface area (Å²) in [5.74, 6) is -0.501. The van der Waals surface area contributed by atoms with Gasteiger partial charge in [0.25, 0.3) is 5.69 Å². The Balaban J connectivity index is 2.46. The first-order chi connectivity index (χ1) is 11.2. The predicted molar refractivity (Wildman–Crippen MR) is 86.5 cm³/mol. The molecule has 0 aliphatic rings. The smallest absolute Gasteiger partial charge is 0.314 e. The maximum Gasteiger partial charge on any atom is 0.314 e. The fraction of sp³-hybridized carbons (Fsp3) is 0.357. The van der Waals surface area contributed by atoms with Crippen LogP contribution in [0.4, 0.5) is 5.69 Å². The van der Waals surface area contributed by atoms with Gasteiger partial charge in [0.05, 0.1) is 22.0 Å². The average Bonchev–Trinajstić information content (AvgIpc) is 2.52. The second kappa shape index (κ2) is 6.62. The van der Waals surface area contributed by atoms with Gasteiger partial charge in [-0.1, -0.05) is 13.8 Å². The molecule has 0 saturated heterocycles. The lowest BCUT2D eigenvalue weighted by Gasteiger charge is -2.15. The van der Waals surface area contributed by atoms with Gasteiger partial charge in [0.2, 0.25) is 5.91 Å². The number of benzene rings is 1. The first-order valence-corrected chi connectivity index (χ1v) is 7.17. The van der Waals surface area contributed by atoms with Crippen LogP contribution in [0, 0.1) is 16.0 Å². The number of rotatable bonds is 5. The molecule has 1 aromatic carbocycles. The highest BCUT2D eigenvalue weighted by atomic mass is 16.6. The summed E-state index contributed by atoms with van der Waals surface area (Å²) in [6, 6.07) is 1.63.